The minimum absolute atomic E-state index is 0.131. The number of benzene rings is 1. The summed E-state index contributed by atoms with van der Waals surface area (Å²) in [5.41, 5.74) is 1.46. The third-order valence-electron chi connectivity index (χ3n) is 2.14. The summed E-state index contributed by atoms with van der Waals surface area (Å²) in [6.45, 7) is 0. The van der Waals surface area contributed by atoms with E-state index in [4.69, 9.17) is 11.6 Å². The Morgan fingerprint density at radius 2 is 1.82 bits per heavy atom. The molecule has 1 aromatic carbocycles. The van der Waals surface area contributed by atoms with Crippen LogP contribution >= 0.6 is 11.6 Å². The summed E-state index contributed by atoms with van der Waals surface area (Å²) < 4.78 is 22.5. The zero-order valence-electron chi connectivity index (χ0n) is 8.96. The van der Waals surface area contributed by atoms with Crippen LogP contribution < -0.4 is 0 Å². The van der Waals surface area contributed by atoms with E-state index in [1.807, 2.05) is 30.3 Å². The summed E-state index contributed by atoms with van der Waals surface area (Å²) in [5.74, 6) is 0. The average molecular weight is 269 g/mol. The lowest BCUT2D eigenvalue weighted by Crippen LogP contribution is -2.04. The van der Waals surface area contributed by atoms with E-state index in [1.54, 1.807) is 0 Å². The SMILES string of the molecule is CS(=O)(=O)c1ncc(-c2ccccc2)c(Cl)n1. The summed E-state index contributed by atoms with van der Waals surface area (Å²) in [7, 11) is -3.43. The fourth-order valence-electron chi connectivity index (χ4n) is 1.34. The van der Waals surface area contributed by atoms with Gasteiger partial charge >= 0.3 is 0 Å². The average Bonchev–Trinajstić information content (AvgIpc) is 2.29. The summed E-state index contributed by atoms with van der Waals surface area (Å²) >= 11 is 5.95. The van der Waals surface area contributed by atoms with Crippen LogP contribution in [-0.4, -0.2) is 24.6 Å². The van der Waals surface area contributed by atoms with E-state index in [-0.39, 0.29) is 10.3 Å². The number of sulfone groups is 1. The van der Waals surface area contributed by atoms with Gasteiger partial charge in [0, 0.05) is 18.0 Å². The zero-order chi connectivity index (χ0) is 12.5. The first-order valence-electron chi connectivity index (χ1n) is 4.76. The lowest BCUT2D eigenvalue weighted by molar-refractivity contribution is 0.593. The molecule has 0 aliphatic heterocycles. The van der Waals surface area contributed by atoms with Crippen molar-refractivity contribution in [3.8, 4) is 11.1 Å². The van der Waals surface area contributed by atoms with Crippen molar-refractivity contribution in [2.45, 2.75) is 5.16 Å². The van der Waals surface area contributed by atoms with Crippen molar-refractivity contribution < 1.29 is 8.42 Å². The first kappa shape index (κ1) is 12.0. The number of aromatic nitrogens is 2. The Balaban J connectivity index is 2.54. The maximum Gasteiger partial charge on any atom is 0.248 e. The number of rotatable bonds is 2. The molecule has 0 aliphatic carbocycles. The molecule has 0 unspecified atom stereocenters. The van der Waals surface area contributed by atoms with Crippen LogP contribution in [0.4, 0.5) is 0 Å². The van der Waals surface area contributed by atoms with Crippen molar-refractivity contribution in [3.05, 3.63) is 41.7 Å². The Morgan fingerprint density at radius 1 is 1.18 bits per heavy atom. The Labute approximate surface area is 104 Å². The Morgan fingerprint density at radius 3 is 2.35 bits per heavy atom. The van der Waals surface area contributed by atoms with Crippen LogP contribution in [0.5, 0.6) is 0 Å². The largest absolute Gasteiger partial charge is 0.248 e. The fourth-order valence-corrected chi connectivity index (χ4v) is 2.13. The summed E-state index contributed by atoms with van der Waals surface area (Å²) in [4.78, 5) is 7.59. The number of hydrogen-bond donors (Lipinski definition) is 0. The van der Waals surface area contributed by atoms with Gasteiger partial charge in [-0.1, -0.05) is 41.9 Å². The van der Waals surface area contributed by atoms with Crippen molar-refractivity contribution in [1.82, 2.24) is 9.97 Å². The second-order valence-corrected chi connectivity index (χ2v) is 5.76. The smallest absolute Gasteiger partial charge is 0.226 e. The summed E-state index contributed by atoms with van der Waals surface area (Å²) in [6.07, 6.45) is 2.46. The highest BCUT2D eigenvalue weighted by Gasteiger charge is 2.14. The highest BCUT2D eigenvalue weighted by Crippen LogP contribution is 2.25. The molecular formula is C11H9ClN2O2S. The summed E-state index contributed by atoms with van der Waals surface area (Å²) in [5, 5.41) is -0.131. The molecule has 88 valence electrons. The minimum Gasteiger partial charge on any atom is -0.226 e. The molecule has 0 spiro atoms. The Hall–Kier alpha value is -1.46. The van der Waals surface area contributed by atoms with Gasteiger partial charge in [-0.05, 0) is 5.56 Å². The highest BCUT2D eigenvalue weighted by atomic mass is 35.5. The van der Waals surface area contributed by atoms with Crippen LogP contribution in [0.15, 0.2) is 41.7 Å². The lowest BCUT2D eigenvalue weighted by atomic mass is 10.1. The van der Waals surface area contributed by atoms with Crippen LogP contribution in [-0.2, 0) is 9.84 Å². The van der Waals surface area contributed by atoms with Gasteiger partial charge in [0.2, 0.25) is 15.0 Å². The maximum atomic E-state index is 11.2. The molecule has 0 amide bonds. The third-order valence-corrected chi connectivity index (χ3v) is 3.28. The number of hydrogen-bond acceptors (Lipinski definition) is 4. The van der Waals surface area contributed by atoms with Crippen LogP contribution in [0.2, 0.25) is 5.15 Å². The molecule has 6 heteroatoms. The van der Waals surface area contributed by atoms with Gasteiger partial charge in [0.05, 0.1) is 0 Å². The van der Waals surface area contributed by atoms with Gasteiger partial charge in [-0.15, -0.1) is 0 Å². The molecule has 0 radical (unpaired) electrons. The van der Waals surface area contributed by atoms with Crippen LogP contribution in [0.1, 0.15) is 0 Å². The predicted molar refractivity (Wildman–Crippen MR) is 65.6 cm³/mol. The molecule has 2 rings (SSSR count). The van der Waals surface area contributed by atoms with Gasteiger partial charge in [-0.2, -0.15) is 0 Å². The Bertz CT molecular complexity index is 642. The van der Waals surface area contributed by atoms with Crippen LogP contribution in [0.25, 0.3) is 11.1 Å². The fraction of sp³-hybridized carbons (Fsp3) is 0.0909. The molecule has 1 heterocycles. The monoisotopic (exact) mass is 268 g/mol. The molecule has 0 saturated heterocycles. The molecule has 0 N–H and O–H groups in total. The maximum absolute atomic E-state index is 11.2. The molecule has 4 nitrogen and oxygen atoms in total. The van der Waals surface area contributed by atoms with E-state index >= 15 is 0 Å². The van der Waals surface area contributed by atoms with Crippen LogP contribution in [0.3, 0.4) is 0 Å². The van der Waals surface area contributed by atoms with Gasteiger partial charge in [0.25, 0.3) is 0 Å². The number of halogens is 1. The molecule has 17 heavy (non-hydrogen) atoms. The summed E-state index contributed by atoms with van der Waals surface area (Å²) in [6, 6.07) is 9.30. The topological polar surface area (TPSA) is 59.9 Å². The standard InChI is InChI=1S/C11H9ClN2O2S/c1-17(15,16)11-13-7-9(10(12)14-11)8-5-3-2-4-6-8/h2-7H,1H3. The first-order valence-corrected chi connectivity index (χ1v) is 7.03. The molecule has 0 bridgehead atoms. The third kappa shape index (κ3) is 2.62. The van der Waals surface area contributed by atoms with E-state index in [9.17, 15) is 8.42 Å². The highest BCUT2D eigenvalue weighted by molar-refractivity contribution is 7.90. The minimum atomic E-state index is -3.43. The van der Waals surface area contributed by atoms with Gasteiger partial charge in [0.15, 0.2) is 0 Å². The van der Waals surface area contributed by atoms with Crippen molar-refractivity contribution in [1.29, 1.82) is 0 Å². The van der Waals surface area contributed by atoms with E-state index in [0.29, 0.717) is 5.56 Å². The number of nitrogens with zero attached hydrogens (tertiary/aromatic N) is 2. The van der Waals surface area contributed by atoms with Crippen molar-refractivity contribution in [2.24, 2.45) is 0 Å². The quantitative estimate of drug-likeness (QED) is 0.619. The normalized spacial score (nSPS) is 11.4. The first-order chi connectivity index (χ1) is 7.98. The van der Waals surface area contributed by atoms with Gasteiger partial charge < -0.3 is 0 Å². The Kier molecular flexibility index (Phi) is 3.13. The molecule has 0 saturated carbocycles. The van der Waals surface area contributed by atoms with Gasteiger partial charge in [-0.25, -0.2) is 18.4 Å². The van der Waals surface area contributed by atoms with Crippen molar-refractivity contribution in [2.75, 3.05) is 6.26 Å². The van der Waals surface area contributed by atoms with Gasteiger partial charge in [-0.3, -0.25) is 0 Å². The molecule has 0 aliphatic rings. The van der Waals surface area contributed by atoms with E-state index in [1.165, 1.54) is 6.20 Å². The van der Waals surface area contributed by atoms with Crippen molar-refractivity contribution >= 4 is 21.4 Å². The van der Waals surface area contributed by atoms with Crippen LogP contribution in [0, 0.1) is 0 Å². The molecule has 1 aromatic heterocycles. The van der Waals surface area contributed by atoms with Crippen molar-refractivity contribution in [3.63, 3.8) is 0 Å². The van der Waals surface area contributed by atoms with E-state index in [0.717, 1.165) is 11.8 Å². The predicted octanol–water partition coefficient (Wildman–Crippen LogP) is 2.20. The van der Waals surface area contributed by atoms with E-state index in [2.05, 4.69) is 9.97 Å². The second kappa shape index (κ2) is 4.43. The molecule has 0 atom stereocenters. The lowest BCUT2D eigenvalue weighted by Gasteiger charge is -2.04. The van der Waals surface area contributed by atoms with E-state index < -0.39 is 9.84 Å². The molecule has 0 fully saturated rings. The van der Waals surface area contributed by atoms with Gasteiger partial charge in [0.1, 0.15) is 5.15 Å². The molecular weight excluding hydrogens is 260 g/mol. The zero-order valence-corrected chi connectivity index (χ0v) is 10.5. The molecule has 2 aromatic rings. The second-order valence-electron chi connectivity index (χ2n) is 3.50.